The van der Waals surface area contributed by atoms with Crippen molar-refractivity contribution in [2.75, 3.05) is 6.61 Å². The summed E-state index contributed by atoms with van der Waals surface area (Å²) in [5.74, 6) is 2.35. The van der Waals surface area contributed by atoms with E-state index in [0.29, 0.717) is 11.3 Å². The van der Waals surface area contributed by atoms with Gasteiger partial charge in [-0.05, 0) is 18.6 Å². The first kappa shape index (κ1) is 18.7. The zero-order chi connectivity index (χ0) is 18.9. The molecule has 0 spiro atoms. The van der Waals surface area contributed by atoms with Crippen LogP contribution in [0.4, 0.5) is 5.69 Å². The Bertz CT molecular complexity index is 867. The third kappa shape index (κ3) is 5.46. The molecule has 7 nitrogen and oxygen atoms in total. The first-order valence-corrected chi connectivity index (χ1v) is 7.71. The van der Waals surface area contributed by atoms with Crippen LogP contribution in [-0.4, -0.2) is 23.7 Å². The maximum Gasteiger partial charge on any atom is 0.270 e. The van der Waals surface area contributed by atoms with E-state index in [4.69, 9.17) is 11.2 Å². The number of rotatable bonds is 7. The summed E-state index contributed by atoms with van der Waals surface area (Å²) in [6.45, 7) is 1.98. The Labute approximate surface area is 150 Å². The molecule has 0 aliphatic carbocycles. The number of amides is 1. The van der Waals surface area contributed by atoms with E-state index < -0.39 is 4.92 Å². The number of hydrazone groups is 1. The van der Waals surface area contributed by atoms with E-state index in [1.165, 1.54) is 24.4 Å². The number of carbonyl (C=O) groups excluding carboxylic acids is 1. The summed E-state index contributed by atoms with van der Waals surface area (Å²) in [6.07, 6.45) is 6.61. The van der Waals surface area contributed by atoms with Gasteiger partial charge in [0.15, 0.2) is 0 Å². The van der Waals surface area contributed by atoms with Gasteiger partial charge in [-0.15, -0.1) is 6.42 Å². The molecule has 0 bridgehead atoms. The molecule has 0 unspecified atom stereocenters. The molecule has 26 heavy (non-hydrogen) atoms. The van der Waals surface area contributed by atoms with E-state index in [0.717, 1.165) is 11.1 Å². The van der Waals surface area contributed by atoms with Crippen LogP contribution in [0.25, 0.3) is 0 Å². The highest BCUT2D eigenvalue weighted by Crippen LogP contribution is 2.22. The molecule has 0 heterocycles. The molecule has 0 saturated heterocycles. The van der Waals surface area contributed by atoms with Gasteiger partial charge in [-0.25, -0.2) is 5.43 Å². The standard InChI is InChI=1S/C19H17N3O4/c1-3-10-26-18-9-8-17(22(24)25)12-16(18)13-20-21-19(23)11-15-6-4-14(2)5-7-15/h1,4-9,12-13H,10-11H2,2H3,(H,21,23)/b20-13+. The fraction of sp³-hybridized carbons (Fsp3) is 0.158. The number of hydrogen-bond acceptors (Lipinski definition) is 5. The normalized spacial score (nSPS) is 10.3. The van der Waals surface area contributed by atoms with E-state index in [1.807, 2.05) is 31.2 Å². The number of nitrogens with one attached hydrogen (secondary N) is 1. The lowest BCUT2D eigenvalue weighted by molar-refractivity contribution is -0.384. The van der Waals surface area contributed by atoms with Gasteiger partial charge in [0.05, 0.1) is 17.6 Å². The number of non-ortho nitro benzene ring substituents is 1. The topological polar surface area (TPSA) is 93.8 Å². The summed E-state index contributed by atoms with van der Waals surface area (Å²) in [4.78, 5) is 22.3. The summed E-state index contributed by atoms with van der Waals surface area (Å²) in [5.41, 5.74) is 4.58. The number of carbonyl (C=O) groups is 1. The minimum absolute atomic E-state index is 0.0123. The number of aryl methyl sites for hydroxylation is 1. The summed E-state index contributed by atoms with van der Waals surface area (Å²) in [5, 5.41) is 14.8. The van der Waals surface area contributed by atoms with Crippen LogP contribution in [0.2, 0.25) is 0 Å². The first-order valence-electron chi connectivity index (χ1n) is 7.71. The molecule has 0 saturated carbocycles. The minimum Gasteiger partial charge on any atom is -0.480 e. The van der Waals surface area contributed by atoms with Crippen LogP contribution in [0.3, 0.4) is 0 Å². The van der Waals surface area contributed by atoms with Gasteiger partial charge in [0.25, 0.3) is 5.69 Å². The molecule has 2 rings (SSSR count). The largest absolute Gasteiger partial charge is 0.480 e. The van der Waals surface area contributed by atoms with Gasteiger partial charge in [-0.3, -0.25) is 14.9 Å². The number of nitro groups is 1. The lowest BCUT2D eigenvalue weighted by Crippen LogP contribution is -2.19. The zero-order valence-electron chi connectivity index (χ0n) is 14.1. The second-order valence-corrected chi connectivity index (χ2v) is 5.43. The van der Waals surface area contributed by atoms with Crippen molar-refractivity contribution in [3.05, 3.63) is 69.3 Å². The van der Waals surface area contributed by atoms with Gasteiger partial charge in [-0.2, -0.15) is 5.10 Å². The van der Waals surface area contributed by atoms with Crippen molar-refractivity contribution in [3.63, 3.8) is 0 Å². The molecule has 0 aliphatic heterocycles. The highest BCUT2D eigenvalue weighted by molar-refractivity contribution is 5.86. The molecule has 0 atom stereocenters. The number of benzene rings is 2. The van der Waals surface area contributed by atoms with Crippen molar-refractivity contribution in [3.8, 4) is 18.1 Å². The van der Waals surface area contributed by atoms with Gasteiger partial charge in [0.1, 0.15) is 12.4 Å². The summed E-state index contributed by atoms with van der Waals surface area (Å²) in [7, 11) is 0. The van der Waals surface area contributed by atoms with Crippen LogP contribution in [0.1, 0.15) is 16.7 Å². The maximum atomic E-state index is 11.9. The van der Waals surface area contributed by atoms with Crippen LogP contribution in [0.5, 0.6) is 5.75 Å². The van der Waals surface area contributed by atoms with Gasteiger partial charge in [0, 0.05) is 17.7 Å². The quantitative estimate of drug-likeness (QED) is 0.359. The molecular formula is C19H17N3O4. The number of terminal acetylenes is 1. The molecular weight excluding hydrogens is 334 g/mol. The lowest BCUT2D eigenvalue weighted by atomic mass is 10.1. The van der Waals surface area contributed by atoms with E-state index in [-0.39, 0.29) is 24.6 Å². The summed E-state index contributed by atoms with van der Waals surface area (Å²) < 4.78 is 5.32. The monoisotopic (exact) mass is 351 g/mol. The van der Waals surface area contributed by atoms with Gasteiger partial charge in [0.2, 0.25) is 5.91 Å². The van der Waals surface area contributed by atoms with Crippen LogP contribution >= 0.6 is 0 Å². The van der Waals surface area contributed by atoms with Crippen molar-refractivity contribution >= 4 is 17.8 Å². The van der Waals surface area contributed by atoms with Gasteiger partial charge in [-0.1, -0.05) is 35.7 Å². The van der Waals surface area contributed by atoms with Crippen molar-refractivity contribution in [2.45, 2.75) is 13.3 Å². The third-order valence-electron chi connectivity index (χ3n) is 3.39. The van der Waals surface area contributed by atoms with Crippen molar-refractivity contribution < 1.29 is 14.5 Å². The Hall–Kier alpha value is -3.66. The minimum atomic E-state index is -0.529. The van der Waals surface area contributed by atoms with Crippen LogP contribution < -0.4 is 10.2 Å². The highest BCUT2D eigenvalue weighted by Gasteiger charge is 2.10. The Morgan fingerprint density at radius 3 is 2.73 bits per heavy atom. The Morgan fingerprint density at radius 2 is 2.08 bits per heavy atom. The smallest absolute Gasteiger partial charge is 0.270 e. The molecule has 7 heteroatoms. The van der Waals surface area contributed by atoms with Crippen molar-refractivity contribution in [2.24, 2.45) is 5.10 Å². The first-order chi connectivity index (χ1) is 12.5. The van der Waals surface area contributed by atoms with Crippen LogP contribution in [0, 0.1) is 29.4 Å². The fourth-order valence-corrected chi connectivity index (χ4v) is 2.11. The lowest BCUT2D eigenvalue weighted by Gasteiger charge is -2.06. The number of hydrogen-bond donors (Lipinski definition) is 1. The average molecular weight is 351 g/mol. The molecule has 132 valence electrons. The predicted molar refractivity (Wildman–Crippen MR) is 98.0 cm³/mol. The average Bonchev–Trinajstić information content (AvgIpc) is 2.62. The zero-order valence-corrected chi connectivity index (χ0v) is 14.1. The summed E-state index contributed by atoms with van der Waals surface area (Å²) >= 11 is 0. The third-order valence-corrected chi connectivity index (χ3v) is 3.39. The number of ether oxygens (including phenoxy) is 1. The summed E-state index contributed by atoms with van der Waals surface area (Å²) in [6, 6.07) is 11.6. The Balaban J connectivity index is 2.06. The molecule has 0 aromatic heterocycles. The van der Waals surface area contributed by atoms with Crippen molar-refractivity contribution in [1.82, 2.24) is 5.43 Å². The molecule has 1 N–H and O–H groups in total. The second-order valence-electron chi connectivity index (χ2n) is 5.43. The number of nitro benzene ring substituents is 1. The van der Waals surface area contributed by atoms with Crippen molar-refractivity contribution in [1.29, 1.82) is 0 Å². The Kier molecular flexibility index (Phi) is 6.46. The van der Waals surface area contributed by atoms with Crippen LogP contribution in [0.15, 0.2) is 47.6 Å². The fourth-order valence-electron chi connectivity index (χ4n) is 2.11. The molecule has 2 aromatic carbocycles. The maximum absolute atomic E-state index is 11.9. The Morgan fingerprint density at radius 1 is 1.35 bits per heavy atom. The van der Waals surface area contributed by atoms with E-state index in [1.54, 1.807) is 0 Å². The molecule has 0 radical (unpaired) electrons. The molecule has 0 fully saturated rings. The van der Waals surface area contributed by atoms with Gasteiger partial charge < -0.3 is 4.74 Å². The second kappa shape index (κ2) is 8.99. The number of nitrogens with zero attached hydrogens (tertiary/aromatic N) is 2. The van der Waals surface area contributed by atoms with Gasteiger partial charge >= 0.3 is 0 Å². The van der Waals surface area contributed by atoms with E-state index in [2.05, 4.69) is 16.4 Å². The predicted octanol–water partition coefficient (Wildman–Crippen LogP) is 2.61. The van der Waals surface area contributed by atoms with E-state index in [9.17, 15) is 14.9 Å². The van der Waals surface area contributed by atoms with Crippen LogP contribution in [-0.2, 0) is 11.2 Å². The highest BCUT2D eigenvalue weighted by atomic mass is 16.6. The molecule has 0 aliphatic rings. The molecule has 1 amide bonds. The van der Waals surface area contributed by atoms with E-state index >= 15 is 0 Å². The molecule has 2 aromatic rings. The SMILES string of the molecule is C#CCOc1ccc([N+](=O)[O-])cc1/C=N/NC(=O)Cc1ccc(C)cc1.